The van der Waals surface area contributed by atoms with Crippen molar-refractivity contribution in [3.05, 3.63) is 94.5 Å². The van der Waals surface area contributed by atoms with Crippen LogP contribution < -0.4 is 5.56 Å². The van der Waals surface area contributed by atoms with Crippen LogP contribution >= 0.6 is 0 Å². The van der Waals surface area contributed by atoms with E-state index in [2.05, 4.69) is 21.2 Å². The number of benzene rings is 3. The maximum absolute atomic E-state index is 12.4. The summed E-state index contributed by atoms with van der Waals surface area (Å²) in [6, 6.07) is 24.5. The Kier molecular flexibility index (Phi) is 4.19. The number of nitrogens with zero attached hydrogens (tertiary/aromatic N) is 3. The molecule has 5 rings (SSSR count). The monoisotopic (exact) mass is 390 g/mol. The summed E-state index contributed by atoms with van der Waals surface area (Å²) in [5.41, 5.74) is 2.94. The van der Waals surface area contributed by atoms with Gasteiger partial charge in [0.15, 0.2) is 11.6 Å². The minimum atomic E-state index is -0.280. The summed E-state index contributed by atoms with van der Waals surface area (Å²) in [6.07, 6.45) is 1.69. The van der Waals surface area contributed by atoms with E-state index in [9.17, 15) is 10.1 Å². The molecule has 0 unspecified atom stereocenters. The Morgan fingerprint density at radius 2 is 1.77 bits per heavy atom. The van der Waals surface area contributed by atoms with Crippen molar-refractivity contribution < 1.29 is 4.52 Å². The summed E-state index contributed by atoms with van der Waals surface area (Å²) in [5.74, 6) is 0.895. The number of hydrogen-bond donors (Lipinski definition) is 1. The van der Waals surface area contributed by atoms with Gasteiger partial charge in [-0.2, -0.15) is 5.26 Å². The number of nitrogens with one attached hydrogen (secondary N) is 1. The van der Waals surface area contributed by atoms with Crippen molar-refractivity contribution in [1.82, 2.24) is 15.1 Å². The Balaban J connectivity index is 1.63. The molecule has 0 amide bonds. The van der Waals surface area contributed by atoms with E-state index in [0.29, 0.717) is 16.7 Å². The molecule has 0 saturated heterocycles. The molecule has 2 heterocycles. The van der Waals surface area contributed by atoms with Gasteiger partial charge in [0.05, 0.1) is 21.9 Å². The average Bonchev–Trinajstić information content (AvgIpc) is 3.21. The molecule has 6 heteroatoms. The lowest BCUT2D eigenvalue weighted by molar-refractivity contribution is 0.441. The SMILES string of the molecule is N#C/C(=C\c1ccc2noc(-c3ccccc3)c2c1)c1nc2ccccc2c(=O)[nH]1. The topological polar surface area (TPSA) is 95.6 Å². The first-order valence-electron chi connectivity index (χ1n) is 9.29. The molecule has 6 nitrogen and oxygen atoms in total. The fourth-order valence-electron chi connectivity index (χ4n) is 3.38. The number of rotatable bonds is 3. The quantitative estimate of drug-likeness (QED) is 0.447. The second-order valence-corrected chi connectivity index (χ2v) is 6.76. The number of allylic oxidation sites excluding steroid dienone is 1. The molecule has 0 aliphatic heterocycles. The van der Waals surface area contributed by atoms with Crippen molar-refractivity contribution in [2.75, 3.05) is 0 Å². The van der Waals surface area contributed by atoms with Gasteiger partial charge in [-0.1, -0.05) is 53.7 Å². The standard InChI is InChI=1S/C24H14N4O2/c25-14-17(23-26-20-9-5-4-8-18(20)24(29)27-23)12-15-10-11-21-19(13-15)22(30-28-21)16-6-2-1-3-7-16/h1-13H,(H,26,27,29)/b17-12+. The Hall–Kier alpha value is -4.50. The van der Waals surface area contributed by atoms with Gasteiger partial charge in [-0.25, -0.2) is 4.98 Å². The van der Waals surface area contributed by atoms with Crippen molar-refractivity contribution >= 4 is 33.5 Å². The lowest BCUT2D eigenvalue weighted by Crippen LogP contribution is -2.11. The summed E-state index contributed by atoms with van der Waals surface area (Å²) < 4.78 is 5.54. The van der Waals surface area contributed by atoms with Gasteiger partial charge in [0.1, 0.15) is 11.6 Å². The number of aromatic amines is 1. The van der Waals surface area contributed by atoms with Gasteiger partial charge < -0.3 is 9.51 Å². The normalized spacial score (nSPS) is 11.6. The van der Waals surface area contributed by atoms with Gasteiger partial charge in [0, 0.05) is 5.56 Å². The Bertz CT molecular complexity index is 1520. The van der Waals surface area contributed by atoms with E-state index in [1.165, 1.54) is 0 Å². The van der Waals surface area contributed by atoms with Gasteiger partial charge in [0.2, 0.25) is 0 Å². The van der Waals surface area contributed by atoms with Crippen molar-refractivity contribution in [3.8, 4) is 17.4 Å². The van der Waals surface area contributed by atoms with E-state index < -0.39 is 0 Å². The third-order valence-electron chi connectivity index (χ3n) is 4.84. The van der Waals surface area contributed by atoms with E-state index in [1.807, 2.05) is 48.5 Å². The molecule has 0 aliphatic rings. The second-order valence-electron chi connectivity index (χ2n) is 6.76. The molecule has 0 spiro atoms. The van der Waals surface area contributed by atoms with Crippen molar-refractivity contribution in [2.24, 2.45) is 0 Å². The number of nitriles is 1. The van der Waals surface area contributed by atoms with Crippen LogP contribution in [0, 0.1) is 11.3 Å². The molecule has 30 heavy (non-hydrogen) atoms. The van der Waals surface area contributed by atoms with E-state index in [-0.39, 0.29) is 17.0 Å². The lowest BCUT2D eigenvalue weighted by Gasteiger charge is -2.02. The maximum Gasteiger partial charge on any atom is 0.259 e. The average molecular weight is 390 g/mol. The highest BCUT2D eigenvalue weighted by Crippen LogP contribution is 2.30. The van der Waals surface area contributed by atoms with Crippen LogP contribution in [0.1, 0.15) is 11.4 Å². The first kappa shape index (κ1) is 17.6. The van der Waals surface area contributed by atoms with Gasteiger partial charge in [-0.05, 0) is 35.9 Å². The van der Waals surface area contributed by atoms with E-state index in [0.717, 1.165) is 22.0 Å². The zero-order chi connectivity index (χ0) is 20.5. The lowest BCUT2D eigenvalue weighted by atomic mass is 10.0. The Morgan fingerprint density at radius 3 is 2.60 bits per heavy atom. The van der Waals surface area contributed by atoms with Crippen LogP contribution in [0.25, 0.3) is 44.8 Å². The zero-order valence-corrected chi connectivity index (χ0v) is 15.7. The predicted molar refractivity (Wildman–Crippen MR) is 115 cm³/mol. The smallest absolute Gasteiger partial charge is 0.259 e. The molecule has 3 aromatic carbocycles. The molecule has 2 aromatic heterocycles. The second kappa shape index (κ2) is 7.15. The molecule has 142 valence electrons. The summed E-state index contributed by atoms with van der Waals surface area (Å²) in [4.78, 5) is 19.5. The zero-order valence-electron chi connectivity index (χ0n) is 15.7. The van der Waals surface area contributed by atoms with Gasteiger partial charge >= 0.3 is 0 Å². The van der Waals surface area contributed by atoms with Crippen LogP contribution in [0.3, 0.4) is 0 Å². The summed E-state index contributed by atoms with van der Waals surface area (Å²) in [7, 11) is 0. The molecule has 0 bridgehead atoms. The van der Waals surface area contributed by atoms with Crippen molar-refractivity contribution in [2.45, 2.75) is 0 Å². The van der Waals surface area contributed by atoms with Gasteiger partial charge in [0.25, 0.3) is 5.56 Å². The number of fused-ring (bicyclic) bond motifs is 2. The number of para-hydroxylation sites is 1. The summed E-state index contributed by atoms with van der Waals surface area (Å²) >= 11 is 0. The molecular formula is C24H14N4O2. The highest BCUT2D eigenvalue weighted by molar-refractivity contribution is 5.95. The van der Waals surface area contributed by atoms with Crippen LogP contribution in [0.4, 0.5) is 0 Å². The third-order valence-corrected chi connectivity index (χ3v) is 4.84. The van der Waals surface area contributed by atoms with Crippen LogP contribution in [-0.4, -0.2) is 15.1 Å². The minimum absolute atomic E-state index is 0.231. The molecule has 5 aromatic rings. The molecule has 0 aliphatic carbocycles. The number of aromatic nitrogens is 3. The molecule has 1 N–H and O–H groups in total. The van der Waals surface area contributed by atoms with Gasteiger partial charge in [-0.3, -0.25) is 4.79 Å². The molecule has 0 radical (unpaired) electrons. The van der Waals surface area contributed by atoms with E-state index in [4.69, 9.17) is 4.52 Å². The van der Waals surface area contributed by atoms with Gasteiger partial charge in [-0.15, -0.1) is 0 Å². The van der Waals surface area contributed by atoms with Crippen LogP contribution in [0.15, 0.2) is 82.1 Å². The van der Waals surface area contributed by atoms with Crippen LogP contribution in [-0.2, 0) is 0 Å². The molecule has 0 fully saturated rings. The van der Waals surface area contributed by atoms with Crippen LogP contribution in [0.5, 0.6) is 0 Å². The minimum Gasteiger partial charge on any atom is -0.355 e. The highest BCUT2D eigenvalue weighted by atomic mass is 16.5. The Morgan fingerprint density at radius 1 is 0.967 bits per heavy atom. The summed E-state index contributed by atoms with van der Waals surface area (Å²) in [5, 5.41) is 15.1. The maximum atomic E-state index is 12.4. The number of H-pyrrole nitrogens is 1. The third kappa shape index (κ3) is 3.05. The van der Waals surface area contributed by atoms with E-state index >= 15 is 0 Å². The molecule has 0 saturated carbocycles. The van der Waals surface area contributed by atoms with Crippen molar-refractivity contribution in [3.63, 3.8) is 0 Å². The Labute approximate surface area is 170 Å². The molecule has 0 atom stereocenters. The first-order chi connectivity index (χ1) is 14.7. The first-order valence-corrected chi connectivity index (χ1v) is 9.29. The van der Waals surface area contributed by atoms with E-state index in [1.54, 1.807) is 30.3 Å². The fraction of sp³-hybridized carbons (Fsp3) is 0. The molecular weight excluding hydrogens is 376 g/mol. The predicted octanol–water partition coefficient (Wildman–Crippen LogP) is 4.80. The van der Waals surface area contributed by atoms with Crippen LogP contribution in [0.2, 0.25) is 0 Å². The largest absolute Gasteiger partial charge is 0.355 e. The number of hydrogen-bond acceptors (Lipinski definition) is 5. The summed E-state index contributed by atoms with van der Waals surface area (Å²) in [6.45, 7) is 0. The highest BCUT2D eigenvalue weighted by Gasteiger charge is 2.12. The van der Waals surface area contributed by atoms with Crippen molar-refractivity contribution in [1.29, 1.82) is 5.26 Å². The fourth-order valence-corrected chi connectivity index (χ4v) is 3.38.